The molecule has 64 valence electrons. The molecule has 0 unspecified atom stereocenters. The summed E-state index contributed by atoms with van der Waals surface area (Å²) >= 11 is 4.54. The van der Waals surface area contributed by atoms with Crippen LogP contribution in [0.25, 0.3) is 0 Å². The van der Waals surface area contributed by atoms with Gasteiger partial charge in [-0.2, -0.15) is 0 Å². The standard InChI is InChI=1S/C7H6BrNO2S/c8-5-3-9-2-1-6(5)12-4-7(10)11/h1-3H,4H2,(H,10,11). The Hall–Kier alpha value is -0.550. The molecule has 0 saturated heterocycles. The first-order valence-corrected chi connectivity index (χ1v) is 4.92. The van der Waals surface area contributed by atoms with Gasteiger partial charge in [-0.05, 0) is 22.0 Å². The number of hydrogen-bond donors (Lipinski definition) is 1. The van der Waals surface area contributed by atoms with Crippen molar-refractivity contribution in [3.63, 3.8) is 0 Å². The molecule has 1 aromatic rings. The first-order valence-electron chi connectivity index (χ1n) is 3.14. The van der Waals surface area contributed by atoms with Crippen molar-refractivity contribution < 1.29 is 9.90 Å². The van der Waals surface area contributed by atoms with Gasteiger partial charge in [-0.1, -0.05) is 0 Å². The summed E-state index contributed by atoms with van der Waals surface area (Å²) in [5.74, 6) is -0.744. The summed E-state index contributed by atoms with van der Waals surface area (Å²) in [5.41, 5.74) is 0. The van der Waals surface area contributed by atoms with Crippen LogP contribution in [0.2, 0.25) is 0 Å². The van der Waals surface area contributed by atoms with Crippen molar-refractivity contribution in [3.8, 4) is 0 Å². The molecule has 1 heterocycles. The topological polar surface area (TPSA) is 50.2 Å². The zero-order valence-corrected chi connectivity index (χ0v) is 8.43. The lowest BCUT2D eigenvalue weighted by molar-refractivity contribution is -0.133. The largest absolute Gasteiger partial charge is 0.481 e. The average molecular weight is 248 g/mol. The molecule has 0 aliphatic heterocycles. The molecule has 0 radical (unpaired) electrons. The van der Waals surface area contributed by atoms with Crippen LogP contribution >= 0.6 is 27.7 Å². The molecule has 3 nitrogen and oxygen atoms in total. The Labute approximate surface area is 82.3 Å². The van der Waals surface area contributed by atoms with Crippen LogP contribution in [-0.2, 0) is 4.79 Å². The number of halogens is 1. The summed E-state index contributed by atoms with van der Waals surface area (Å²) in [7, 11) is 0. The second kappa shape index (κ2) is 4.47. The lowest BCUT2D eigenvalue weighted by Gasteiger charge is -1.99. The van der Waals surface area contributed by atoms with Crippen LogP contribution in [0.4, 0.5) is 0 Å². The monoisotopic (exact) mass is 247 g/mol. The van der Waals surface area contributed by atoms with Gasteiger partial charge in [-0.25, -0.2) is 0 Å². The highest BCUT2D eigenvalue weighted by molar-refractivity contribution is 9.10. The molecule has 0 spiro atoms. The van der Waals surface area contributed by atoms with Crippen molar-refractivity contribution in [1.82, 2.24) is 4.98 Å². The molecule has 5 heteroatoms. The van der Waals surface area contributed by atoms with Crippen LogP contribution in [0.15, 0.2) is 27.8 Å². The quantitative estimate of drug-likeness (QED) is 0.831. The molecule has 0 bridgehead atoms. The lowest BCUT2D eigenvalue weighted by atomic mass is 10.5. The van der Waals surface area contributed by atoms with Gasteiger partial charge < -0.3 is 5.11 Å². The number of rotatable bonds is 3. The van der Waals surface area contributed by atoms with E-state index in [0.29, 0.717) is 0 Å². The zero-order chi connectivity index (χ0) is 8.97. The molecule has 12 heavy (non-hydrogen) atoms. The van der Waals surface area contributed by atoms with E-state index in [9.17, 15) is 4.79 Å². The summed E-state index contributed by atoms with van der Waals surface area (Å²) < 4.78 is 0.830. The highest BCUT2D eigenvalue weighted by Crippen LogP contribution is 2.25. The lowest BCUT2D eigenvalue weighted by Crippen LogP contribution is -1.97. The molecule has 1 aromatic heterocycles. The number of carboxylic acid groups (broad SMARTS) is 1. The first kappa shape index (κ1) is 9.54. The Balaban J connectivity index is 2.63. The maximum absolute atomic E-state index is 10.2. The van der Waals surface area contributed by atoms with Gasteiger partial charge in [0, 0.05) is 21.8 Å². The van der Waals surface area contributed by atoms with Gasteiger partial charge in [0.1, 0.15) is 0 Å². The Morgan fingerprint density at radius 3 is 3.08 bits per heavy atom. The highest BCUT2D eigenvalue weighted by Gasteiger charge is 2.02. The number of aromatic nitrogens is 1. The second-order valence-corrected chi connectivity index (χ2v) is 3.86. The number of aliphatic carboxylic acids is 1. The third-order valence-electron chi connectivity index (χ3n) is 1.09. The van der Waals surface area contributed by atoms with Crippen LogP contribution in [-0.4, -0.2) is 21.8 Å². The zero-order valence-electron chi connectivity index (χ0n) is 6.03. The smallest absolute Gasteiger partial charge is 0.313 e. The summed E-state index contributed by atoms with van der Waals surface area (Å²) in [5, 5.41) is 8.41. The van der Waals surface area contributed by atoms with Crippen molar-refractivity contribution in [2.45, 2.75) is 4.90 Å². The second-order valence-electron chi connectivity index (χ2n) is 1.99. The van der Waals surface area contributed by atoms with Gasteiger partial charge in [0.15, 0.2) is 0 Å². The third-order valence-corrected chi connectivity index (χ3v) is 3.04. The summed E-state index contributed by atoms with van der Waals surface area (Å²) in [6.07, 6.45) is 3.28. The van der Waals surface area contributed by atoms with Crippen molar-refractivity contribution in [2.24, 2.45) is 0 Å². The maximum Gasteiger partial charge on any atom is 0.313 e. The van der Waals surface area contributed by atoms with Crippen LogP contribution in [0, 0.1) is 0 Å². The predicted molar refractivity (Wildman–Crippen MR) is 50.3 cm³/mol. The molecule has 1 rings (SSSR count). The average Bonchev–Trinajstić information content (AvgIpc) is 2.03. The number of nitrogens with zero attached hydrogens (tertiary/aromatic N) is 1. The molecule has 0 aromatic carbocycles. The van der Waals surface area contributed by atoms with E-state index in [1.165, 1.54) is 11.8 Å². The Kier molecular flexibility index (Phi) is 3.55. The van der Waals surface area contributed by atoms with E-state index in [1.807, 2.05) is 0 Å². The minimum atomic E-state index is -0.816. The molecular formula is C7H6BrNO2S. The van der Waals surface area contributed by atoms with E-state index >= 15 is 0 Å². The van der Waals surface area contributed by atoms with E-state index < -0.39 is 5.97 Å². The van der Waals surface area contributed by atoms with E-state index in [2.05, 4.69) is 20.9 Å². The van der Waals surface area contributed by atoms with Crippen LogP contribution in [0.1, 0.15) is 0 Å². The fraction of sp³-hybridized carbons (Fsp3) is 0.143. The van der Waals surface area contributed by atoms with Crippen LogP contribution in [0.3, 0.4) is 0 Å². The number of pyridine rings is 1. The summed E-state index contributed by atoms with van der Waals surface area (Å²) in [6, 6.07) is 1.78. The van der Waals surface area contributed by atoms with Gasteiger partial charge in [0.2, 0.25) is 0 Å². The van der Waals surface area contributed by atoms with Gasteiger partial charge in [-0.3, -0.25) is 9.78 Å². The van der Waals surface area contributed by atoms with E-state index in [1.54, 1.807) is 18.5 Å². The molecule has 0 saturated carbocycles. The van der Waals surface area contributed by atoms with E-state index in [-0.39, 0.29) is 5.75 Å². The predicted octanol–water partition coefficient (Wildman–Crippen LogP) is 2.02. The maximum atomic E-state index is 10.2. The molecule has 0 atom stereocenters. The number of carboxylic acids is 1. The van der Waals surface area contributed by atoms with Crippen LogP contribution in [0.5, 0.6) is 0 Å². The SMILES string of the molecule is O=C(O)CSc1ccncc1Br. The Bertz CT molecular complexity index is 292. The minimum absolute atomic E-state index is 0.0720. The molecule has 0 aliphatic rings. The van der Waals surface area contributed by atoms with Crippen molar-refractivity contribution in [3.05, 3.63) is 22.9 Å². The first-order chi connectivity index (χ1) is 5.70. The fourth-order valence-electron chi connectivity index (χ4n) is 0.619. The van der Waals surface area contributed by atoms with Gasteiger partial charge >= 0.3 is 5.97 Å². The number of thioether (sulfide) groups is 1. The fourth-order valence-corrected chi connectivity index (χ4v) is 1.84. The molecule has 0 amide bonds. The Morgan fingerprint density at radius 1 is 1.75 bits per heavy atom. The Morgan fingerprint density at radius 2 is 2.50 bits per heavy atom. The normalized spacial score (nSPS) is 9.75. The van der Waals surface area contributed by atoms with E-state index in [4.69, 9.17) is 5.11 Å². The van der Waals surface area contributed by atoms with Gasteiger partial charge in [-0.15, -0.1) is 11.8 Å². The molecular weight excluding hydrogens is 242 g/mol. The molecule has 0 aliphatic carbocycles. The minimum Gasteiger partial charge on any atom is -0.481 e. The van der Waals surface area contributed by atoms with Crippen molar-refractivity contribution in [2.75, 3.05) is 5.75 Å². The van der Waals surface area contributed by atoms with Gasteiger partial charge in [0.25, 0.3) is 0 Å². The summed E-state index contributed by atoms with van der Waals surface area (Å²) in [6.45, 7) is 0. The highest BCUT2D eigenvalue weighted by atomic mass is 79.9. The van der Waals surface area contributed by atoms with Crippen molar-refractivity contribution in [1.29, 1.82) is 0 Å². The molecule has 1 N–H and O–H groups in total. The van der Waals surface area contributed by atoms with E-state index in [0.717, 1.165) is 9.37 Å². The summed E-state index contributed by atoms with van der Waals surface area (Å²) in [4.78, 5) is 15.0. The molecule has 0 fully saturated rings. The van der Waals surface area contributed by atoms with Crippen LogP contribution < -0.4 is 0 Å². The number of hydrogen-bond acceptors (Lipinski definition) is 3. The number of carbonyl (C=O) groups is 1. The third kappa shape index (κ3) is 2.83. The van der Waals surface area contributed by atoms with Gasteiger partial charge in [0.05, 0.1) is 5.75 Å². The van der Waals surface area contributed by atoms with Crippen molar-refractivity contribution >= 4 is 33.7 Å².